The fraction of sp³-hybridized carbons (Fsp3) is 0.538. The van der Waals surface area contributed by atoms with Crippen molar-refractivity contribution in [1.82, 2.24) is 0 Å². The van der Waals surface area contributed by atoms with Gasteiger partial charge in [0.1, 0.15) is 5.75 Å². The summed E-state index contributed by atoms with van der Waals surface area (Å²) < 4.78 is 5.44. The lowest BCUT2D eigenvalue weighted by Gasteiger charge is -2.17. The first-order chi connectivity index (χ1) is 7.54. The summed E-state index contributed by atoms with van der Waals surface area (Å²) in [4.78, 5) is 0. The molecule has 1 rings (SSSR count). The van der Waals surface area contributed by atoms with E-state index in [0.717, 1.165) is 22.8 Å². The van der Waals surface area contributed by atoms with E-state index in [0.29, 0.717) is 12.5 Å². The van der Waals surface area contributed by atoms with Crippen molar-refractivity contribution in [3.63, 3.8) is 0 Å². The fourth-order valence-electron chi connectivity index (χ4n) is 1.70. The van der Waals surface area contributed by atoms with E-state index in [1.54, 1.807) is 0 Å². The molecule has 0 amide bonds. The molecule has 90 valence electrons. The predicted molar refractivity (Wildman–Crippen MR) is 69.0 cm³/mol. The highest BCUT2D eigenvalue weighted by atomic mass is 35.5. The topological polar surface area (TPSA) is 35.2 Å². The van der Waals surface area contributed by atoms with Gasteiger partial charge >= 0.3 is 0 Å². The van der Waals surface area contributed by atoms with Gasteiger partial charge in [0.15, 0.2) is 0 Å². The Bertz CT molecular complexity index is 339. The molecule has 0 saturated carbocycles. The van der Waals surface area contributed by atoms with E-state index < -0.39 is 0 Å². The first kappa shape index (κ1) is 13.3. The lowest BCUT2D eigenvalue weighted by Crippen LogP contribution is -2.13. The number of hydrogen-bond acceptors (Lipinski definition) is 2. The summed E-state index contributed by atoms with van der Waals surface area (Å²) in [6.07, 6.45) is 0.926. The lowest BCUT2D eigenvalue weighted by atomic mass is 9.98. The van der Waals surface area contributed by atoms with E-state index in [4.69, 9.17) is 22.1 Å². The first-order valence-electron chi connectivity index (χ1n) is 5.72. The predicted octanol–water partition coefficient (Wildman–Crippen LogP) is 3.78. The van der Waals surface area contributed by atoms with Crippen molar-refractivity contribution in [2.24, 2.45) is 11.7 Å². The summed E-state index contributed by atoms with van der Waals surface area (Å²) >= 11 is 6.14. The Morgan fingerprint density at radius 2 is 2.06 bits per heavy atom. The summed E-state index contributed by atoms with van der Waals surface area (Å²) in [5.41, 5.74) is 7.10. The van der Waals surface area contributed by atoms with Gasteiger partial charge in [-0.25, -0.2) is 0 Å². The summed E-state index contributed by atoms with van der Waals surface area (Å²) in [7, 11) is 0. The number of nitrogens with two attached hydrogens (primary N) is 1. The van der Waals surface area contributed by atoms with Crippen molar-refractivity contribution >= 4 is 11.6 Å². The Labute approximate surface area is 103 Å². The second kappa shape index (κ2) is 6.12. The van der Waals surface area contributed by atoms with Crippen LogP contribution in [0.3, 0.4) is 0 Å². The Morgan fingerprint density at radius 1 is 1.38 bits per heavy atom. The van der Waals surface area contributed by atoms with Crippen LogP contribution >= 0.6 is 11.6 Å². The SMILES string of the molecule is CCOc1ccc(Cl)c(C(N)CC(C)C)c1. The van der Waals surface area contributed by atoms with Crippen LogP contribution in [0.1, 0.15) is 38.8 Å². The molecule has 1 unspecified atom stereocenters. The summed E-state index contributed by atoms with van der Waals surface area (Å²) in [5.74, 6) is 1.39. The molecule has 0 aliphatic heterocycles. The number of hydrogen-bond donors (Lipinski definition) is 1. The molecular weight excluding hydrogens is 222 g/mol. The Morgan fingerprint density at radius 3 is 2.62 bits per heavy atom. The van der Waals surface area contributed by atoms with E-state index in [2.05, 4.69) is 13.8 Å². The Kier molecular flexibility index (Phi) is 5.10. The maximum absolute atomic E-state index is 6.14. The maximum atomic E-state index is 6.14. The lowest BCUT2D eigenvalue weighted by molar-refractivity contribution is 0.339. The zero-order valence-electron chi connectivity index (χ0n) is 10.2. The van der Waals surface area contributed by atoms with Gasteiger partial charge in [-0.2, -0.15) is 0 Å². The van der Waals surface area contributed by atoms with Gasteiger partial charge in [-0.15, -0.1) is 0 Å². The monoisotopic (exact) mass is 241 g/mol. The summed E-state index contributed by atoms with van der Waals surface area (Å²) in [6.45, 7) is 6.92. The van der Waals surface area contributed by atoms with Crippen molar-refractivity contribution in [3.05, 3.63) is 28.8 Å². The minimum atomic E-state index is -0.0205. The molecule has 0 bridgehead atoms. The highest BCUT2D eigenvalue weighted by Crippen LogP contribution is 2.29. The molecule has 16 heavy (non-hydrogen) atoms. The van der Waals surface area contributed by atoms with E-state index in [-0.39, 0.29) is 6.04 Å². The van der Waals surface area contributed by atoms with Crippen molar-refractivity contribution in [2.45, 2.75) is 33.2 Å². The minimum absolute atomic E-state index is 0.0205. The normalized spacial score (nSPS) is 12.9. The number of rotatable bonds is 5. The van der Waals surface area contributed by atoms with Crippen LogP contribution in [0.5, 0.6) is 5.75 Å². The molecule has 0 saturated heterocycles. The van der Waals surface area contributed by atoms with E-state index >= 15 is 0 Å². The third kappa shape index (κ3) is 3.69. The van der Waals surface area contributed by atoms with Crippen LogP contribution in [0.4, 0.5) is 0 Å². The number of halogens is 1. The third-order valence-corrected chi connectivity index (χ3v) is 2.75. The highest BCUT2D eigenvalue weighted by Gasteiger charge is 2.12. The van der Waals surface area contributed by atoms with Crippen LogP contribution in [0.15, 0.2) is 18.2 Å². The second-order valence-corrected chi connectivity index (χ2v) is 4.76. The molecule has 0 aliphatic carbocycles. The van der Waals surface area contributed by atoms with E-state index in [1.165, 1.54) is 0 Å². The second-order valence-electron chi connectivity index (χ2n) is 4.35. The van der Waals surface area contributed by atoms with Gasteiger partial charge in [0.05, 0.1) is 6.61 Å². The van der Waals surface area contributed by atoms with Crippen molar-refractivity contribution in [3.8, 4) is 5.75 Å². The van der Waals surface area contributed by atoms with Gasteiger partial charge in [-0.1, -0.05) is 25.4 Å². The largest absolute Gasteiger partial charge is 0.494 e. The molecule has 1 aromatic rings. The molecule has 1 atom stereocenters. The smallest absolute Gasteiger partial charge is 0.119 e. The molecule has 2 nitrogen and oxygen atoms in total. The molecule has 0 aromatic heterocycles. The molecular formula is C13H20ClNO. The summed E-state index contributed by atoms with van der Waals surface area (Å²) in [5, 5.41) is 0.719. The average Bonchev–Trinajstić information content (AvgIpc) is 2.20. The highest BCUT2D eigenvalue weighted by molar-refractivity contribution is 6.31. The molecule has 0 spiro atoms. The van der Waals surface area contributed by atoms with Crippen LogP contribution in [0.2, 0.25) is 5.02 Å². The Hall–Kier alpha value is -0.730. The van der Waals surface area contributed by atoms with Crippen LogP contribution in [0, 0.1) is 5.92 Å². The number of benzene rings is 1. The van der Waals surface area contributed by atoms with E-state index in [9.17, 15) is 0 Å². The Balaban J connectivity index is 2.88. The van der Waals surface area contributed by atoms with Gasteiger partial charge in [0.25, 0.3) is 0 Å². The third-order valence-electron chi connectivity index (χ3n) is 2.40. The van der Waals surface area contributed by atoms with Crippen LogP contribution in [-0.2, 0) is 0 Å². The maximum Gasteiger partial charge on any atom is 0.119 e. The number of ether oxygens (including phenoxy) is 1. The molecule has 0 fully saturated rings. The molecule has 3 heteroatoms. The van der Waals surface area contributed by atoms with Crippen molar-refractivity contribution in [1.29, 1.82) is 0 Å². The van der Waals surface area contributed by atoms with Gasteiger partial charge in [0.2, 0.25) is 0 Å². The van der Waals surface area contributed by atoms with Crippen LogP contribution < -0.4 is 10.5 Å². The minimum Gasteiger partial charge on any atom is -0.494 e. The molecule has 0 radical (unpaired) electrons. The quantitative estimate of drug-likeness (QED) is 0.852. The first-order valence-corrected chi connectivity index (χ1v) is 6.10. The van der Waals surface area contributed by atoms with E-state index in [1.807, 2.05) is 25.1 Å². The van der Waals surface area contributed by atoms with Gasteiger partial charge in [-0.05, 0) is 43.0 Å². The molecule has 1 aromatic carbocycles. The zero-order valence-corrected chi connectivity index (χ0v) is 10.9. The van der Waals surface area contributed by atoms with Crippen LogP contribution in [0.25, 0.3) is 0 Å². The molecule has 0 aliphatic rings. The van der Waals surface area contributed by atoms with Crippen LogP contribution in [-0.4, -0.2) is 6.61 Å². The zero-order chi connectivity index (χ0) is 12.1. The van der Waals surface area contributed by atoms with Gasteiger partial charge in [0, 0.05) is 11.1 Å². The fourth-order valence-corrected chi connectivity index (χ4v) is 1.95. The van der Waals surface area contributed by atoms with Gasteiger partial charge < -0.3 is 10.5 Å². The summed E-state index contributed by atoms with van der Waals surface area (Å²) in [6, 6.07) is 5.64. The standard InChI is InChI=1S/C13H20ClNO/c1-4-16-10-5-6-12(14)11(8-10)13(15)7-9(2)3/h5-6,8-9,13H,4,7,15H2,1-3H3. The van der Waals surface area contributed by atoms with Gasteiger partial charge in [-0.3, -0.25) is 0 Å². The van der Waals surface area contributed by atoms with Crippen molar-refractivity contribution < 1.29 is 4.74 Å². The molecule has 0 heterocycles. The molecule has 2 N–H and O–H groups in total. The van der Waals surface area contributed by atoms with Crippen molar-refractivity contribution in [2.75, 3.05) is 6.61 Å². The average molecular weight is 242 g/mol.